The molecule has 1 aromatic rings. The van der Waals surface area contributed by atoms with E-state index >= 15 is 0 Å². The van der Waals surface area contributed by atoms with Crippen molar-refractivity contribution >= 4 is 35.0 Å². The number of rotatable bonds is 3. The molecule has 1 rings (SSSR count). The van der Waals surface area contributed by atoms with Crippen molar-refractivity contribution < 1.29 is 14.3 Å². The first-order valence-electron chi connectivity index (χ1n) is 4.52. The zero-order valence-corrected chi connectivity index (χ0v) is 10.2. The second kappa shape index (κ2) is 5.67. The Morgan fingerprint density at radius 1 is 1.35 bits per heavy atom. The summed E-state index contributed by atoms with van der Waals surface area (Å²) in [5.74, 6) is -2.80. The third-order valence-corrected chi connectivity index (χ3v) is 2.62. The second-order valence-electron chi connectivity index (χ2n) is 3.17. The van der Waals surface area contributed by atoms with Crippen LogP contribution in [0.5, 0.6) is 5.75 Å². The lowest BCUT2D eigenvalue weighted by Gasteiger charge is -2.07. The van der Waals surface area contributed by atoms with Crippen molar-refractivity contribution in [3.63, 3.8) is 0 Å². The highest BCUT2D eigenvalue weighted by Crippen LogP contribution is 2.26. The van der Waals surface area contributed by atoms with E-state index in [1.165, 1.54) is 18.2 Å². The van der Waals surface area contributed by atoms with Gasteiger partial charge in [-0.1, -0.05) is 23.2 Å². The van der Waals surface area contributed by atoms with Gasteiger partial charge < -0.3 is 4.74 Å². The van der Waals surface area contributed by atoms with Crippen molar-refractivity contribution in [1.82, 2.24) is 0 Å². The van der Waals surface area contributed by atoms with Gasteiger partial charge in [0.2, 0.25) is 5.92 Å². The Hall–Kier alpha value is -1.57. The number of ether oxygens (including phenoxy) is 1. The van der Waals surface area contributed by atoms with Crippen LogP contribution >= 0.6 is 23.2 Å². The summed E-state index contributed by atoms with van der Waals surface area (Å²) >= 11 is 11.4. The minimum atomic E-state index is -1.43. The largest absolute Gasteiger partial charge is 0.425 e. The Bertz CT molecular complexity index is 508. The summed E-state index contributed by atoms with van der Waals surface area (Å²) in [6.07, 6.45) is 0. The maximum absolute atomic E-state index is 11.4. The number of Topliss-reactive ketones (excluding diaryl/α,β-unsaturated/α-hetero) is 1. The van der Waals surface area contributed by atoms with Crippen LogP contribution in [0.2, 0.25) is 10.0 Å². The van der Waals surface area contributed by atoms with Gasteiger partial charge >= 0.3 is 5.97 Å². The maximum atomic E-state index is 11.4. The normalized spacial score (nSPS) is 11.4. The molecule has 0 saturated heterocycles. The van der Waals surface area contributed by atoms with Crippen LogP contribution in [0.15, 0.2) is 18.2 Å². The van der Waals surface area contributed by atoms with Crippen LogP contribution in [0, 0.1) is 17.2 Å². The minimum absolute atomic E-state index is 0.130. The molecule has 0 heterocycles. The van der Waals surface area contributed by atoms with Crippen LogP contribution < -0.4 is 4.74 Å². The summed E-state index contributed by atoms with van der Waals surface area (Å²) in [4.78, 5) is 22.4. The molecule has 88 valence electrons. The lowest BCUT2D eigenvalue weighted by molar-refractivity contribution is -0.140. The average molecular weight is 272 g/mol. The molecular formula is C11H7Cl2NO3. The maximum Gasteiger partial charge on any atom is 0.336 e. The predicted octanol–water partition coefficient (Wildman–Crippen LogP) is 2.63. The van der Waals surface area contributed by atoms with Crippen LogP contribution in [0.1, 0.15) is 6.92 Å². The molecule has 0 radical (unpaired) electrons. The molecular weight excluding hydrogens is 265 g/mol. The van der Waals surface area contributed by atoms with E-state index in [0.717, 1.165) is 6.92 Å². The van der Waals surface area contributed by atoms with Gasteiger partial charge in [0.1, 0.15) is 5.75 Å². The molecule has 0 bridgehead atoms. The first kappa shape index (κ1) is 13.5. The van der Waals surface area contributed by atoms with Gasteiger partial charge in [0.15, 0.2) is 5.78 Å². The van der Waals surface area contributed by atoms with Gasteiger partial charge in [-0.15, -0.1) is 0 Å². The van der Waals surface area contributed by atoms with E-state index in [2.05, 4.69) is 0 Å². The molecule has 0 aliphatic carbocycles. The van der Waals surface area contributed by atoms with E-state index in [1.807, 2.05) is 0 Å². The number of nitrogens with zero attached hydrogens (tertiary/aromatic N) is 1. The Morgan fingerprint density at radius 3 is 2.47 bits per heavy atom. The highest BCUT2D eigenvalue weighted by atomic mass is 35.5. The molecule has 1 atom stereocenters. The molecule has 1 aromatic carbocycles. The molecule has 0 aliphatic rings. The lowest BCUT2D eigenvalue weighted by atomic mass is 10.1. The van der Waals surface area contributed by atoms with Gasteiger partial charge in [-0.2, -0.15) is 5.26 Å². The van der Waals surface area contributed by atoms with Crippen molar-refractivity contribution in [3.05, 3.63) is 28.2 Å². The van der Waals surface area contributed by atoms with Gasteiger partial charge in [0.05, 0.1) is 16.1 Å². The summed E-state index contributed by atoms with van der Waals surface area (Å²) in [6, 6.07) is 5.76. The average Bonchev–Trinajstić information content (AvgIpc) is 2.24. The van der Waals surface area contributed by atoms with Crippen LogP contribution in [0.3, 0.4) is 0 Å². The molecule has 0 fully saturated rings. The molecule has 0 amide bonds. The number of hydrogen-bond donors (Lipinski definition) is 0. The van der Waals surface area contributed by atoms with Crippen molar-refractivity contribution in [2.75, 3.05) is 0 Å². The quantitative estimate of drug-likeness (QED) is 0.482. The predicted molar refractivity (Wildman–Crippen MR) is 61.9 cm³/mol. The molecule has 0 aromatic heterocycles. The molecule has 1 unspecified atom stereocenters. The first-order valence-corrected chi connectivity index (χ1v) is 5.28. The molecule has 0 saturated carbocycles. The fraction of sp³-hybridized carbons (Fsp3) is 0.182. The van der Waals surface area contributed by atoms with E-state index in [1.54, 1.807) is 6.07 Å². The van der Waals surface area contributed by atoms with E-state index < -0.39 is 17.7 Å². The molecule has 17 heavy (non-hydrogen) atoms. The number of nitriles is 1. The first-order chi connectivity index (χ1) is 7.95. The minimum Gasteiger partial charge on any atom is -0.425 e. The third kappa shape index (κ3) is 3.45. The van der Waals surface area contributed by atoms with Gasteiger partial charge in [-0.3, -0.25) is 4.79 Å². The zero-order valence-electron chi connectivity index (χ0n) is 8.74. The molecule has 0 N–H and O–H groups in total. The number of ketones is 1. The van der Waals surface area contributed by atoms with Gasteiger partial charge in [-0.25, -0.2) is 4.79 Å². The highest BCUT2D eigenvalue weighted by molar-refractivity contribution is 6.42. The van der Waals surface area contributed by atoms with Gasteiger partial charge in [0.25, 0.3) is 0 Å². The van der Waals surface area contributed by atoms with E-state index in [9.17, 15) is 9.59 Å². The Kier molecular flexibility index (Phi) is 4.50. The Balaban J connectivity index is 2.85. The fourth-order valence-electron chi connectivity index (χ4n) is 1.02. The van der Waals surface area contributed by atoms with Gasteiger partial charge in [0, 0.05) is 6.07 Å². The number of esters is 1. The summed E-state index contributed by atoms with van der Waals surface area (Å²) in [5.41, 5.74) is 0. The van der Waals surface area contributed by atoms with Crippen LogP contribution in [0.25, 0.3) is 0 Å². The van der Waals surface area contributed by atoms with Crippen molar-refractivity contribution in [2.24, 2.45) is 5.92 Å². The second-order valence-corrected chi connectivity index (χ2v) is 3.98. The summed E-state index contributed by atoms with van der Waals surface area (Å²) in [5, 5.41) is 9.16. The SMILES string of the molecule is CC(=O)C(C#N)C(=O)Oc1ccc(Cl)c(Cl)c1. The zero-order chi connectivity index (χ0) is 13.0. The summed E-state index contributed by atoms with van der Waals surface area (Å²) in [7, 11) is 0. The Morgan fingerprint density at radius 2 is 2.00 bits per heavy atom. The van der Waals surface area contributed by atoms with Crippen LogP contribution in [0.4, 0.5) is 0 Å². The van der Waals surface area contributed by atoms with Crippen LogP contribution in [-0.2, 0) is 9.59 Å². The number of hydrogen-bond acceptors (Lipinski definition) is 4. The number of halogens is 2. The molecule has 6 heteroatoms. The van der Waals surface area contributed by atoms with E-state index in [0.29, 0.717) is 5.02 Å². The number of carbonyl (C=O) groups excluding carboxylic acids is 2. The number of benzene rings is 1. The van der Waals surface area contributed by atoms with Crippen molar-refractivity contribution in [1.29, 1.82) is 5.26 Å². The summed E-state index contributed by atoms with van der Waals surface area (Å²) < 4.78 is 4.84. The van der Waals surface area contributed by atoms with Crippen molar-refractivity contribution in [3.8, 4) is 11.8 Å². The fourth-order valence-corrected chi connectivity index (χ4v) is 1.31. The molecule has 0 spiro atoms. The smallest absolute Gasteiger partial charge is 0.336 e. The van der Waals surface area contributed by atoms with E-state index in [4.69, 9.17) is 33.2 Å². The third-order valence-electron chi connectivity index (χ3n) is 1.88. The molecule has 0 aliphatic heterocycles. The van der Waals surface area contributed by atoms with Gasteiger partial charge in [-0.05, 0) is 19.1 Å². The van der Waals surface area contributed by atoms with Crippen molar-refractivity contribution in [2.45, 2.75) is 6.92 Å². The monoisotopic (exact) mass is 271 g/mol. The topological polar surface area (TPSA) is 67.2 Å². The Labute approximate surface area is 108 Å². The summed E-state index contributed by atoms with van der Waals surface area (Å²) in [6.45, 7) is 1.14. The lowest BCUT2D eigenvalue weighted by Crippen LogP contribution is -2.25. The number of carbonyl (C=O) groups is 2. The van der Waals surface area contributed by atoms with E-state index in [-0.39, 0.29) is 10.8 Å². The molecule has 4 nitrogen and oxygen atoms in total. The highest BCUT2D eigenvalue weighted by Gasteiger charge is 2.25. The van der Waals surface area contributed by atoms with Crippen LogP contribution in [-0.4, -0.2) is 11.8 Å². The standard InChI is InChI=1S/C11H7Cl2NO3/c1-6(15)8(5-14)11(16)17-7-2-3-9(12)10(13)4-7/h2-4,8H,1H3.